The first-order chi connectivity index (χ1) is 13.2. The zero-order valence-electron chi connectivity index (χ0n) is 15.4. The van der Waals surface area contributed by atoms with Crippen LogP contribution in [-0.2, 0) is 21.3 Å². The molecule has 2 heterocycles. The van der Waals surface area contributed by atoms with Gasteiger partial charge in [0.05, 0.1) is 18.6 Å². The van der Waals surface area contributed by atoms with Crippen molar-refractivity contribution in [2.75, 3.05) is 33.3 Å². The molecule has 7 nitrogen and oxygen atoms in total. The van der Waals surface area contributed by atoms with Crippen molar-refractivity contribution in [1.29, 1.82) is 0 Å². The highest BCUT2D eigenvalue weighted by molar-refractivity contribution is 7.89. The van der Waals surface area contributed by atoms with E-state index in [2.05, 4.69) is 4.74 Å². The Balaban J connectivity index is 1.64. The Morgan fingerprint density at radius 2 is 1.82 bits per heavy atom. The third-order valence-electron chi connectivity index (χ3n) is 4.58. The SMILES string of the molecule is COC(=O)c1oc(CN2CCN(S(=O)(=O)c3ccc(F)c(F)c3)CC2)cc1C. The molecule has 0 N–H and O–H groups in total. The topological polar surface area (TPSA) is 80.1 Å². The number of hydrogen-bond acceptors (Lipinski definition) is 6. The third kappa shape index (κ3) is 4.08. The molecule has 0 amide bonds. The molecule has 0 bridgehead atoms. The van der Waals surface area contributed by atoms with Crippen LogP contribution < -0.4 is 0 Å². The van der Waals surface area contributed by atoms with E-state index in [0.29, 0.717) is 37.0 Å². The number of ether oxygens (including phenoxy) is 1. The Morgan fingerprint density at radius 1 is 1.14 bits per heavy atom. The molecule has 1 aliphatic heterocycles. The molecule has 1 aromatic heterocycles. The maximum Gasteiger partial charge on any atom is 0.374 e. The van der Waals surface area contributed by atoms with Crippen molar-refractivity contribution in [2.24, 2.45) is 0 Å². The van der Waals surface area contributed by atoms with E-state index in [1.165, 1.54) is 11.4 Å². The number of aryl methyl sites for hydroxylation is 1. The van der Waals surface area contributed by atoms with Crippen molar-refractivity contribution in [2.45, 2.75) is 18.4 Å². The second kappa shape index (κ2) is 7.98. The predicted octanol–water partition coefficient (Wildman–Crippen LogP) is 2.16. The number of nitrogens with zero attached hydrogens (tertiary/aromatic N) is 2. The van der Waals surface area contributed by atoms with Crippen LogP contribution in [0.2, 0.25) is 0 Å². The van der Waals surface area contributed by atoms with Crippen molar-refractivity contribution in [3.63, 3.8) is 0 Å². The van der Waals surface area contributed by atoms with E-state index in [4.69, 9.17) is 4.42 Å². The number of rotatable bonds is 5. The summed E-state index contributed by atoms with van der Waals surface area (Å²) < 4.78 is 63.1. The Morgan fingerprint density at radius 3 is 2.43 bits per heavy atom. The molecule has 0 unspecified atom stereocenters. The van der Waals surface area contributed by atoms with Crippen molar-refractivity contribution in [3.05, 3.63) is 53.0 Å². The smallest absolute Gasteiger partial charge is 0.374 e. The number of benzene rings is 1. The molecule has 0 spiro atoms. The summed E-state index contributed by atoms with van der Waals surface area (Å²) in [5, 5.41) is 0. The highest BCUT2D eigenvalue weighted by atomic mass is 32.2. The van der Waals surface area contributed by atoms with E-state index in [1.54, 1.807) is 13.0 Å². The number of furan rings is 1. The number of halogens is 2. The fourth-order valence-electron chi connectivity index (χ4n) is 3.06. The van der Waals surface area contributed by atoms with Crippen LogP contribution in [0.1, 0.15) is 21.9 Å². The normalized spacial score (nSPS) is 16.3. The minimum atomic E-state index is -3.90. The summed E-state index contributed by atoms with van der Waals surface area (Å²) in [5.74, 6) is -2.11. The second-order valence-electron chi connectivity index (χ2n) is 6.47. The van der Waals surface area contributed by atoms with Gasteiger partial charge in [-0.25, -0.2) is 22.0 Å². The first-order valence-electron chi connectivity index (χ1n) is 8.57. The van der Waals surface area contributed by atoms with Gasteiger partial charge in [-0.05, 0) is 31.2 Å². The maximum absolute atomic E-state index is 13.4. The monoisotopic (exact) mass is 414 g/mol. The standard InChI is InChI=1S/C18H20F2N2O5S/c1-12-9-13(27-17(12)18(23)26-2)11-21-5-7-22(8-6-21)28(24,25)14-3-4-15(19)16(20)10-14/h3-4,9-10H,5-8,11H2,1-2H3. The Kier molecular flexibility index (Phi) is 5.82. The van der Waals surface area contributed by atoms with Crippen LogP contribution in [0.25, 0.3) is 0 Å². The van der Waals surface area contributed by atoms with E-state index >= 15 is 0 Å². The lowest BCUT2D eigenvalue weighted by Gasteiger charge is -2.33. The van der Waals surface area contributed by atoms with Gasteiger partial charge in [0.1, 0.15) is 5.76 Å². The number of carbonyl (C=O) groups is 1. The summed E-state index contributed by atoms with van der Waals surface area (Å²) in [4.78, 5) is 13.3. The Hall–Kier alpha value is -2.30. The lowest BCUT2D eigenvalue weighted by Crippen LogP contribution is -2.48. The molecule has 1 fully saturated rings. The Labute approximate surface area is 161 Å². The summed E-state index contributed by atoms with van der Waals surface area (Å²) in [5.41, 5.74) is 0.668. The van der Waals surface area contributed by atoms with Gasteiger partial charge >= 0.3 is 5.97 Å². The summed E-state index contributed by atoms with van der Waals surface area (Å²) in [7, 11) is -2.63. The number of sulfonamides is 1. The molecular weight excluding hydrogens is 394 g/mol. The predicted molar refractivity (Wildman–Crippen MR) is 95.2 cm³/mol. The minimum Gasteiger partial charge on any atom is -0.463 e. The minimum absolute atomic E-state index is 0.150. The molecule has 152 valence electrons. The zero-order valence-corrected chi connectivity index (χ0v) is 16.3. The lowest BCUT2D eigenvalue weighted by atomic mass is 10.2. The number of methoxy groups -OCH3 is 1. The van der Waals surface area contributed by atoms with Crippen LogP contribution in [0, 0.1) is 18.6 Å². The van der Waals surface area contributed by atoms with Gasteiger partial charge in [-0.15, -0.1) is 0 Å². The fourth-order valence-corrected chi connectivity index (χ4v) is 4.49. The molecular formula is C18H20F2N2O5S. The van der Waals surface area contributed by atoms with E-state index in [1.807, 2.05) is 4.90 Å². The summed E-state index contributed by atoms with van der Waals surface area (Å²) >= 11 is 0. The zero-order chi connectivity index (χ0) is 20.5. The molecule has 0 radical (unpaired) electrons. The summed E-state index contributed by atoms with van der Waals surface area (Å²) in [6, 6.07) is 4.30. The highest BCUT2D eigenvalue weighted by Gasteiger charge is 2.29. The average Bonchev–Trinajstić information content (AvgIpc) is 3.03. The van der Waals surface area contributed by atoms with Gasteiger partial charge in [0.15, 0.2) is 11.6 Å². The van der Waals surface area contributed by atoms with Crippen LogP contribution in [0.15, 0.2) is 33.6 Å². The number of piperazine rings is 1. The van der Waals surface area contributed by atoms with Crippen LogP contribution in [0.3, 0.4) is 0 Å². The quantitative estimate of drug-likeness (QED) is 0.698. The van der Waals surface area contributed by atoms with Gasteiger partial charge in [-0.2, -0.15) is 4.31 Å². The molecule has 10 heteroatoms. The largest absolute Gasteiger partial charge is 0.463 e. The molecule has 0 aliphatic carbocycles. The van der Waals surface area contributed by atoms with Crippen LogP contribution in [0.5, 0.6) is 0 Å². The second-order valence-corrected chi connectivity index (χ2v) is 8.41. The first-order valence-corrected chi connectivity index (χ1v) is 10.0. The van der Waals surface area contributed by atoms with E-state index in [-0.39, 0.29) is 23.7 Å². The van der Waals surface area contributed by atoms with E-state index in [9.17, 15) is 22.0 Å². The number of carbonyl (C=O) groups excluding carboxylic acids is 1. The van der Waals surface area contributed by atoms with Gasteiger partial charge in [0.25, 0.3) is 0 Å². The van der Waals surface area contributed by atoms with Gasteiger partial charge in [0.2, 0.25) is 15.8 Å². The Bertz CT molecular complexity index is 982. The van der Waals surface area contributed by atoms with E-state index < -0.39 is 27.6 Å². The molecule has 1 aromatic carbocycles. The van der Waals surface area contributed by atoms with E-state index in [0.717, 1.165) is 12.1 Å². The molecule has 2 aromatic rings. The maximum atomic E-state index is 13.4. The van der Waals surface area contributed by atoms with Crippen molar-refractivity contribution in [3.8, 4) is 0 Å². The fraction of sp³-hybridized carbons (Fsp3) is 0.389. The number of esters is 1. The first kappa shape index (κ1) is 20.4. The highest BCUT2D eigenvalue weighted by Crippen LogP contribution is 2.22. The van der Waals surface area contributed by atoms with Gasteiger partial charge in [0, 0.05) is 31.7 Å². The molecule has 0 atom stereocenters. The van der Waals surface area contributed by atoms with Crippen molar-refractivity contribution in [1.82, 2.24) is 9.21 Å². The average molecular weight is 414 g/mol. The third-order valence-corrected chi connectivity index (χ3v) is 6.47. The molecule has 1 aliphatic rings. The van der Waals surface area contributed by atoms with Gasteiger partial charge in [-0.1, -0.05) is 0 Å². The van der Waals surface area contributed by atoms with Crippen LogP contribution in [-0.4, -0.2) is 56.9 Å². The van der Waals surface area contributed by atoms with Crippen molar-refractivity contribution >= 4 is 16.0 Å². The van der Waals surface area contributed by atoms with Crippen LogP contribution in [0.4, 0.5) is 8.78 Å². The molecule has 1 saturated heterocycles. The molecule has 0 saturated carbocycles. The van der Waals surface area contributed by atoms with Gasteiger partial charge in [-0.3, -0.25) is 4.90 Å². The number of hydrogen-bond donors (Lipinski definition) is 0. The van der Waals surface area contributed by atoms with Crippen molar-refractivity contribution < 1.29 is 31.1 Å². The molecule has 3 rings (SSSR count). The summed E-state index contributed by atoms with van der Waals surface area (Å²) in [6.45, 7) is 3.41. The lowest BCUT2D eigenvalue weighted by molar-refractivity contribution is 0.0559. The van der Waals surface area contributed by atoms with Gasteiger partial charge < -0.3 is 9.15 Å². The molecule has 28 heavy (non-hydrogen) atoms. The summed E-state index contributed by atoms with van der Waals surface area (Å²) in [6.07, 6.45) is 0. The van der Waals surface area contributed by atoms with Crippen LogP contribution >= 0.6 is 0 Å².